The number of methoxy groups -OCH3 is 5. The van der Waals surface area contributed by atoms with Crippen molar-refractivity contribution < 1.29 is 23.7 Å². The molecular formula is C25H31NO5. The van der Waals surface area contributed by atoms with Gasteiger partial charge in [-0.25, -0.2) is 0 Å². The molecule has 1 saturated heterocycles. The molecule has 166 valence electrons. The molecule has 4 rings (SSSR count). The molecule has 2 aromatic carbocycles. The Labute approximate surface area is 184 Å². The highest BCUT2D eigenvalue weighted by Gasteiger charge is 2.34. The number of rotatable bonds is 7. The molecule has 1 unspecified atom stereocenters. The second kappa shape index (κ2) is 9.10. The summed E-state index contributed by atoms with van der Waals surface area (Å²) >= 11 is 0. The summed E-state index contributed by atoms with van der Waals surface area (Å²) in [5, 5.41) is 0. The van der Waals surface area contributed by atoms with Gasteiger partial charge in [-0.2, -0.15) is 0 Å². The first-order valence-electron chi connectivity index (χ1n) is 10.6. The summed E-state index contributed by atoms with van der Waals surface area (Å²) in [6.07, 6.45) is 3.45. The van der Waals surface area contributed by atoms with Crippen molar-refractivity contribution in [2.45, 2.75) is 25.3 Å². The smallest absolute Gasteiger partial charge is 0.203 e. The highest BCUT2D eigenvalue weighted by atomic mass is 16.5. The second-order valence-electron chi connectivity index (χ2n) is 7.88. The highest BCUT2D eigenvalue weighted by molar-refractivity contribution is 5.95. The molecule has 0 aromatic heterocycles. The van der Waals surface area contributed by atoms with Crippen LogP contribution < -0.4 is 23.7 Å². The molecule has 0 amide bonds. The molecule has 2 aliphatic rings. The van der Waals surface area contributed by atoms with E-state index in [1.165, 1.54) is 24.0 Å². The quantitative estimate of drug-likeness (QED) is 0.651. The monoisotopic (exact) mass is 425 g/mol. The highest BCUT2D eigenvalue weighted by Crippen LogP contribution is 2.48. The average molecular weight is 426 g/mol. The maximum atomic E-state index is 5.84. The van der Waals surface area contributed by atoms with Crippen molar-refractivity contribution in [3.8, 4) is 28.7 Å². The Morgan fingerprint density at radius 3 is 2.13 bits per heavy atom. The van der Waals surface area contributed by atoms with Crippen LogP contribution >= 0.6 is 0 Å². The van der Waals surface area contributed by atoms with E-state index in [0.717, 1.165) is 42.1 Å². The van der Waals surface area contributed by atoms with E-state index < -0.39 is 0 Å². The summed E-state index contributed by atoms with van der Waals surface area (Å²) < 4.78 is 28.0. The van der Waals surface area contributed by atoms with Crippen molar-refractivity contribution in [2.75, 3.05) is 48.6 Å². The molecular weight excluding hydrogens is 394 g/mol. The normalized spacial score (nSPS) is 18.5. The molecule has 0 aliphatic carbocycles. The van der Waals surface area contributed by atoms with Gasteiger partial charge in [0.2, 0.25) is 5.75 Å². The largest absolute Gasteiger partial charge is 0.493 e. The van der Waals surface area contributed by atoms with Crippen LogP contribution in [0.15, 0.2) is 30.3 Å². The lowest BCUT2D eigenvalue weighted by Crippen LogP contribution is -2.35. The summed E-state index contributed by atoms with van der Waals surface area (Å²) in [6.45, 7) is 2.00. The van der Waals surface area contributed by atoms with Crippen LogP contribution in [0.3, 0.4) is 0 Å². The van der Waals surface area contributed by atoms with Gasteiger partial charge < -0.3 is 23.7 Å². The Morgan fingerprint density at radius 1 is 0.742 bits per heavy atom. The van der Waals surface area contributed by atoms with Gasteiger partial charge in [-0.1, -0.05) is 6.07 Å². The first-order valence-corrected chi connectivity index (χ1v) is 10.6. The third-order valence-electron chi connectivity index (χ3n) is 6.43. The fraction of sp³-hybridized carbons (Fsp3) is 0.440. The first kappa shape index (κ1) is 21.4. The fourth-order valence-electron chi connectivity index (χ4n) is 4.89. The van der Waals surface area contributed by atoms with E-state index in [2.05, 4.69) is 23.1 Å². The van der Waals surface area contributed by atoms with Crippen LogP contribution in [0.1, 0.15) is 30.4 Å². The number of benzene rings is 2. The van der Waals surface area contributed by atoms with E-state index in [-0.39, 0.29) is 0 Å². The Bertz CT molecular complexity index is 984. The van der Waals surface area contributed by atoms with E-state index >= 15 is 0 Å². The predicted octanol–water partition coefficient (Wildman–Crippen LogP) is 4.51. The van der Waals surface area contributed by atoms with Gasteiger partial charge in [-0.05, 0) is 66.8 Å². The van der Waals surface area contributed by atoms with Crippen LogP contribution in [0, 0.1) is 0 Å². The molecule has 31 heavy (non-hydrogen) atoms. The van der Waals surface area contributed by atoms with Crippen LogP contribution in [0.5, 0.6) is 28.7 Å². The van der Waals surface area contributed by atoms with E-state index in [4.69, 9.17) is 23.7 Å². The summed E-state index contributed by atoms with van der Waals surface area (Å²) in [4.78, 5) is 2.58. The molecule has 6 nitrogen and oxygen atoms in total. The number of nitrogens with zero attached hydrogens (tertiary/aromatic N) is 1. The Morgan fingerprint density at radius 2 is 1.45 bits per heavy atom. The zero-order valence-electron chi connectivity index (χ0n) is 19.0. The van der Waals surface area contributed by atoms with Gasteiger partial charge in [-0.3, -0.25) is 4.90 Å². The van der Waals surface area contributed by atoms with Gasteiger partial charge in [0.25, 0.3) is 0 Å². The molecule has 0 radical (unpaired) electrons. The minimum absolute atomic E-state index is 0.568. The summed E-state index contributed by atoms with van der Waals surface area (Å²) in [5.41, 5.74) is 4.75. The molecule has 0 saturated carbocycles. The van der Waals surface area contributed by atoms with Crippen molar-refractivity contribution in [3.63, 3.8) is 0 Å². The number of hydrogen-bond donors (Lipinski definition) is 0. The van der Waals surface area contributed by atoms with Gasteiger partial charge in [-0.15, -0.1) is 0 Å². The minimum atomic E-state index is 0.568. The standard InChI is InChI=1S/C25H31NO5/c1-27-21-10-8-16(13-23(21)29-3)19-14-17-7-6-12-26(17)15-20(19)18-9-11-22(28-2)25(31-5)24(18)30-4/h8-11,13,17H,6-7,12,14-15H2,1-5H3. The van der Waals surface area contributed by atoms with Crippen molar-refractivity contribution in [2.24, 2.45) is 0 Å². The Balaban J connectivity index is 1.91. The van der Waals surface area contributed by atoms with Crippen molar-refractivity contribution in [3.05, 3.63) is 41.5 Å². The average Bonchev–Trinajstić information content (AvgIpc) is 3.29. The van der Waals surface area contributed by atoms with E-state index in [0.29, 0.717) is 23.3 Å². The number of hydrogen-bond acceptors (Lipinski definition) is 6. The van der Waals surface area contributed by atoms with Crippen LogP contribution in [-0.2, 0) is 0 Å². The summed E-state index contributed by atoms with van der Waals surface area (Å²) in [5.74, 6) is 3.44. The van der Waals surface area contributed by atoms with Crippen molar-refractivity contribution >= 4 is 11.1 Å². The lowest BCUT2D eigenvalue weighted by Gasteiger charge is -2.34. The maximum Gasteiger partial charge on any atom is 0.203 e. The van der Waals surface area contributed by atoms with Gasteiger partial charge in [0, 0.05) is 18.2 Å². The summed E-state index contributed by atoms with van der Waals surface area (Å²) in [6, 6.07) is 10.8. The van der Waals surface area contributed by atoms with Gasteiger partial charge in [0.05, 0.1) is 35.5 Å². The Hall–Kier alpha value is -2.86. The second-order valence-corrected chi connectivity index (χ2v) is 7.88. The molecule has 2 aliphatic heterocycles. The number of ether oxygens (including phenoxy) is 5. The third kappa shape index (κ3) is 3.81. The van der Waals surface area contributed by atoms with Gasteiger partial charge in [0.1, 0.15) is 0 Å². The zero-order valence-corrected chi connectivity index (χ0v) is 19.0. The first-order chi connectivity index (χ1) is 15.1. The fourth-order valence-corrected chi connectivity index (χ4v) is 4.89. The molecule has 1 atom stereocenters. The SMILES string of the molecule is COc1ccc(C2=C(c3ccc(OC)c(OC)c3OC)CN3CCCC3C2)cc1OC. The van der Waals surface area contributed by atoms with Crippen LogP contribution in [0.25, 0.3) is 11.1 Å². The van der Waals surface area contributed by atoms with Gasteiger partial charge in [0.15, 0.2) is 23.0 Å². The third-order valence-corrected chi connectivity index (χ3v) is 6.43. The molecule has 0 bridgehead atoms. The molecule has 0 N–H and O–H groups in total. The molecule has 0 spiro atoms. The van der Waals surface area contributed by atoms with Crippen LogP contribution in [-0.4, -0.2) is 59.6 Å². The molecule has 2 heterocycles. The topological polar surface area (TPSA) is 49.4 Å². The van der Waals surface area contributed by atoms with E-state index in [9.17, 15) is 0 Å². The Kier molecular flexibility index (Phi) is 6.28. The van der Waals surface area contributed by atoms with Crippen LogP contribution in [0.4, 0.5) is 0 Å². The van der Waals surface area contributed by atoms with E-state index in [1.54, 1.807) is 35.5 Å². The summed E-state index contributed by atoms with van der Waals surface area (Å²) in [7, 11) is 8.30. The van der Waals surface area contributed by atoms with Crippen molar-refractivity contribution in [1.29, 1.82) is 0 Å². The lowest BCUT2D eigenvalue weighted by atomic mass is 9.85. The molecule has 1 fully saturated rings. The number of fused-ring (bicyclic) bond motifs is 1. The van der Waals surface area contributed by atoms with Gasteiger partial charge >= 0.3 is 0 Å². The maximum absolute atomic E-state index is 5.84. The molecule has 6 heteroatoms. The molecule has 2 aromatic rings. The van der Waals surface area contributed by atoms with Crippen molar-refractivity contribution in [1.82, 2.24) is 4.90 Å². The van der Waals surface area contributed by atoms with Crippen LogP contribution in [0.2, 0.25) is 0 Å². The zero-order chi connectivity index (χ0) is 22.0. The predicted molar refractivity (Wildman–Crippen MR) is 122 cm³/mol. The van der Waals surface area contributed by atoms with E-state index in [1.807, 2.05) is 12.1 Å². The lowest BCUT2D eigenvalue weighted by molar-refractivity contribution is 0.280. The minimum Gasteiger partial charge on any atom is -0.493 e.